The number of amides is 2. The van der Waals surface area contributed by atoms with Crippen molar-refractivity contribution >= 4 is 39.4 Å². The summed E-state index contributed by atoms with van der Waals surface area (Å²) in [4.78, 5) is 36.3. The van der Waals surface area contributed by atoms with Crippen molar-refractivity contribution in [2.24, 2.45) is 4.99 Å². The topological polar surface area (TPSA) is 69.9 Å². The summed E-state index contributed by atoms with van der Waals surface area (Å²) in [7, 11) is 3.51. The summed E-state index contributed by atoms with van der Waals surface area (Å²) in [6.07, 6.45) is 1.86. The van der Waals surface area contributed by atoms with Gasteiger partial charge < -0.3 is 0 Å². The van der Waals surface area contributed by atoms with Gasteiger partial charge in [-0.3, -0.25) is 20.0 Å². The van der Waals surface area contributed by atoms with Crippen LogP contribution in [0.5, 0.6) is 0 Å². The molecule has 0 aliphatic carbocycles. The van der Waals surface area contributed by atoms with Gasteiger partial charge in [-0.15, -0.1) is 0 Å². The van der Waals surface area contributed by atoms with E-state index in [1.807, 2.05) is 91.0 Å². The minimum Gasteiger partial charge on any atom is -0.295 e. The summed E-state index contributed by atoms with van der Waals surface area (Å²) in [5.41, 5.74) is 3.47. The molecule has 1 N–H and O–H groups in total. The zero-order valence-corrected chi connectivity index (χ0v) is 22.0. The Kier molecular flexibility index (Phi) is 5.17. The maximum atomic E-state index is 13.7. The van der Waals surface area contributed by atoms with Crippen LogP contribution in [0.15, 0.2) is 99.2 Å². The highest BCUT2D eigenvalue weighted by atomic mass is 79.9. The van der Waals surface area contributed by atoms with E-state index in [-0.39, 0.29) is 11.6 Å². The maximum Gasteiger partial charge on any atom is 0.324 e. The molecule has 2 aliphatic heterocycles. The summed E-state index contributed by atoms with van der Waals surface area (Å²) < 4.78 is 2.91. The summed E-state index contributed by atoms with van der Waals surface area (Å²) in [6.45, 7) is 0. The van der Waals surface area contributed by atoms with E-state index >= 15 is 0 Å². The Hall–Kier alpha value is -3.69. The number of urea groups is 1. The average molecular weight is 560 g/mol. The molecule has 2 aliphatic rings. The van der Waals surface area contributed by atoms with Crippen LogP contribution >= 0.6 is 27.3 Å². The molecule has 4 aromatic rings. The molecule has 1 saturated heterocycles. The Labute approximate surface area is 219 Å². The third-order valence-electron chi connectivity index (χ3n) is 6.96. The van der Waals surface area contributed by atoms with Gasteiger partial charge in [-0.2, -0.15) is 4.68 Å². The fraction of sp³-hybridized carbons (Fsp3) is 0.148. The van der Waals surface area contributed by atoms with E-state index in [0.717, 1.165) is 21.2 Å². The van der Waals surface area contributed by atoms with Gasteiger partial charge in [0.1, 0.15) is 0 Å². The number of thiazole rings is 1. The van der Waals surface area contributed by atoms with Crippen LogP contribution in [0.1, 0.15) is 16.7 Å². The third kappa shape index (κ3) is 2.93. The molecular weight excluding hydrogens is 538 g/mol. The van der Waals surface area contributed by atoms with Gasteiger partial charge in [-0.25, -0.2) is 9.79 Å². The Morgan fingerprint density at radius 2 is 1.47 bits per heavy atom. The summed E-state index contributed by atoms with van der Waals surface area (Å²) in [6, 6.07) is 27.0. The van der Waals surface area contributed by atoms with E-state index in [9.17, 15) is 9.59 Å². The first kappa shape index (κ1) is 22.8. The van der Waals surface area contributed by atoms with Crippen molar-refractivity contribution in [3.63, 3.8) is 0 Å². The van der Waals surface area contributed by atoms with Crippen molar-refractivity contribution in [1.82, 2.24) is 14.5 Å². The molecule has 1 aromatic heterocycles. The second-order valence-corrected chi connectivity index (χ2v) is 10.7. The molecule has 0 bridgehead atoms. The van der Waals surface area contributed by atoms with Gasteiger partial charge in [0, 0.05) is 29.7 Å². The van der Waals surface area contributed by atoms with Crippen molar-refractivity contribution < 1.29 is 4.79 Å². The van der Waals surface area contributed by atoms with Crippen molar-refractivity contribution in [2.45, 2.75) is 11.3 Å². The molecule has 9 heteroatoms. The van der Waals surface area contributed by atoms with Gasteiger partial charge in [-0.1, -0.05) is 106 Å². The van der Waals surface area contributed by atoms with Crippen LogP contribution in [0.4, 0.5) is 4.79 Å². The minimum absolute atomic E-state index is 0.206. The van der Waals surface area contributed by atoms with E-state index in [1.165, 1.54) is 16.0 Å². The first-order chi connectivity index (χ1) is 17.4. The Balaban J connectivity index is 1.72. The summed E-state index contributed by atoms with van der Waals surface area (Å²) >= 11 is 4.86. The van der Waals surface area contributed by atoms with Gasteiger partial charge in [-0.05, 0) is 17.7 Å². The molecular formula is C27H22BrN5O2S. The molecule has 2 unspecified atom stereocenters. The van der Waals surface area contributed by atoms with E-state index in [0.29, 0.717) is 9.33 Å². The van der Waals surface area contributed by atoms with Crippen LogP contribution in [-0.2, 0) is 11.3 Å². The number of aromatic nitrogens is 1. The predicted molar refractivity (Wildman–Crippen MR) is 144 cm³/mol. The van der Waals surface area contributed by atoms with Crippen molar-refractivity contribution in [1.29, 1.82) is 0 Å². The number of nitrogens with zero attached hydrogens (tertiary/aromatic N) is 4. The minimum atomic E-state index is -1.18. The smallest absolute Gasteiger partial charge is 0.295 e. The molecule has 36 heavy (non-hydrogen) atoms. The fourth-order valence-corrected chi connectivity index (χ4v) is 6.61. The first-order valence-corrected chi connectivity index (χ1v) is 13.0. The molecule has 0 spiro atoms. The van der Waals surface area contributed by atoms with Gasteiger partial charge in [0.2, 0.25) is 16.1 Å². The lowest BCUT2D eigenvalue weighted by Gasteiger charge is -2.49. The third-order valence-corrected chi connectivity index (χ3v) is 8.66. The second-order valence-electron chi connectivity index (χ2n) is 8.79. The molecule has 7 nitrogen and oxygen atoms in total. The second kappa shape index (κ2) is 8.18. The highest BCUT2D eigenvalue weighted by Crippen LogP contribution is 2.53. The van der Waals surface area contributed by atoms with Crippen LogP contribution < -0.4 is 20.3 Å². The lowest BCUT2D eigenvalue weighted by Crippen LogP contribution is -2.67. The van der Waals surface area contributed by atoms with Crippen LogP contribution in [-0.4, -0.2) is 34.6 Å². The number of benzene rings is 3. The summed E-state index contributed by atoms with van der Waals surface area (Å²) in [5, 5.41) is 0. The molecule has 0 radical (unpaired) electrons. The average Bonchev–Trinajstić information content (AvgIpc) is 3.30. The number of hydrogen-bond acceptors (Lipinski definition) is 5. The lowest BCUT2D eigenvalue weighted by atomic mass is 9.80. The van der Waals surface area contributed by atoms with E-state index in [2.05, 4.69) is 21.4 Å². The van der Waals surface area contributed by atoms with Crippen LogP contribution in [0.25, 0.3) is 6.08 Å². The van der Waals surface area contributed by atoms with Crippen LogP contribution in [0.3, 0.4) is 0 Å². The van der Waals surface area contributed by atoms with Crippen molar-refractivity contribution in [2.75, 3.05) is 19.5 Å². The molecule has 2 amide bonds. The van der Waals surface area contributed by atoms with Gasteiger partial charge in [0.25, 0.3) is 5.56 Å². The highest BCUT2D eigenvalue weighted by molar-refractivity contribution is 9.10. The molecule has 180 valence electrons. The lowest BCUT2D eigenvalue weighted by molar-refractivity contribution is 0.0648. The standard InChI is InChI=1S/C27H22BrN5O2S/c1-31-25(35)32(2)27(20-14-7-4-8-15-20)26(31,19-12-5-3-6-13-19)29-24-33(30-27)23(34)22(36-24)17-18-11-9-10-16-21(18)28/h3-17,30H,1-2H3/b22-17+. The largest absolute Gasteiger partial charge is 0.324 e. The van der Waals surface area contributed by atoms with Crippen molar-refractivity contribution in [3.8, 4) is 0 Å². The quantitative estimate of drug-likeness (QED) is 0.418. The molecule has 6 rings (SSSR count). The molecule has 1 fully saturated rings. The number of fused-ring (bicyclic) bond motifs is 2. The molecule has 0 saturated carbocycles. The SMILES string of the molecule is CN1C(=O)N(C)C2(c3ccccc3)Nn3c(s/c(=C/c4ccccc4Br)c3=O)=NC12c1ccccc1. The first-order valence-electron chi connectivity index (χ1n) is 11.4. The van der Waals surface area contributed by atoms with E-state index < -0.39 is 11.3 Å². The number of carbonyl (C=O) groups excluding carboxylic acids is 1. The number of nitrogens with one attached hydrogen (secondary N) is 1. The number of likely N-dealkylation sites (N-methyl/N-ethyl adjacent to an activating group) is 2. The number of carbonyl (C=O) groups is 1. The maximum absolute atomic E-state index is 13.7. The summed E-state index contributed by atoms with van der Waals surface area (Å²) in [5.74, 6) is 0. The Bertz CT molecular complexity index is 1670. The molecule has 2 atom stereocenters. The fourth-order valence-electron chi connectivity index (χ4n) is 5.25. The highest BCUT2D eigenvalue weighted by Gasteiger charge is 2.69. The zero-order valence-electron chi connectivity index (χ0n) is 19.6. The number of rotatable bonds is 3. The van der Waals surface area contributed by atoms with Gasteiger partial charge in [0.05, 0.1) is 4.53 Å². The van der Waals surface area contributed by atoms with Gasteiger partial charge >= 0.3 is 6.03 Å². The number of hydrogen-bond donors (Lipinski definition) is 1. The van der Waals surface area contributed by atoms with E-state index in [4.69, 9.17) is 4.99 Å². The molecule has 3 heterocycles. The van der Waals surface area contributed by atoms with E-state index in [1.54, 1.807) is 23.9 Å². The monoisotopic (exact) mass is 559 g/mol. The van der Waals surface area contributed by atoms with Crippen LogP contribution in [0.2, 0.25) is 0 Å². The van der Waals surface area contributed by atoms with Crippen molar-refractivity contribution in [3.05, 3.63) is 126 Å². The zero-order chi connectivity index (χ0) is 25.1. The normalized spacial score (nSPS) is 23.2. The Morgan fingerprint density at radius 3 is 2.14 bits per heavy atom. The number of halogens is 1. The van der Waals surface area contributed by atoms with Gasteiger partial charge in [0.15, 0.2) is 0 Å². The predicted octanol–water partition coefficient (Wildman–Crippen LogP) is 3.38. The van der Waals surface area contributed by atoms with Crippen LogP contribution in [0, 0.1) is 0 Å². The molecule has 3 aromatic carbocycles. The Morgan fingerprint density at radius 1 is 0.861 bits per heavy atom.